The molecule has 2 aromatic rings. The van der Waals surface area contributed by atoms with Crippen LogP contribution in [0.25, 0.3) is 10.9 Å². The fraction of sp³-hybridized carbons (Fsp3) is 0.273. The molecule has 1 aromatic heterocycles. The highest BCUT2D eigenvalue weighted by Crippen LogP contribution is 2.26. The van der Waals surface area contributed by atoms with Gasteiger partial charge in [-0.1, -0.05) is 0 Å². The second-order valence-electron chi connectivity index (χ2n) is 3.50. The van der Waals surface area contributed by atoms with Crippen LogP contribution < -0.4 is 10.5 Å². The molecule has 0 fully saturated rings. The van der Waals surface area contributed by atoms with Gasteiger partial charge in [-0.3, -0.25) is 0 Å². The number of rotatable bonds is 1. The van der Waals surface area contributed by atoms with Crippen LogP contribution in [-0.2, 0) is 0 Å². The molecule has 0 aliphatic carbocycles. The van der Waals surface area contributed by atoms with Crippen LogP contribution in [0.3, 0.4) is 0 Å². The van der Waals surface area contributed by atoms with Crippen molar-refractivity contribution < 1.29 is 4.74 Å². The van der Waals surface area contributed by atoms with Gasteiger partial charge in [0.2, 0.25) is 0 Å². The molecule has 1 heterocycles. The maximum Gasteiger partial charge on any atom is 0.135 e. The van der Waals surface area contributed by atoms with Crippen molar-refractivity contribution in [3.05, 3.63) is 23.5 Å². The third-order valence-corrected chi connectivity index (χ3v) is 2.35. The summed E-state index contributed by atoms with van der Waals surface area (Å²) in [4.78, 5) is 8.44. The zero-order chi connectivity index (χ0) is 11.0. The number of fused-ring (bicyclic) bond motifs is 1. The van der Waals surface area contributed by atoms with Crippen molar-refractivity contribution in [2.75, 3.05) is 12.8 Å². The average molecular weight is 203 g/mol. The number of hydrogen-bond donors (Lipinski definition) is 1. The van der Waals surface area contributed by atoms with Crippen LogP contribution in [0.4, 0.5) is 5.82 Å². The Kier molecular flexibility index (Phi) is 2.19. The van der Waals surface area contributed by atoms with E-state index in [0.29, 0.717) is 11.6 Å². The Hall–Kier alpha value is -1.84. The molecule has 15 heavy (non-hydrogen) atoms. The van der Waals surface area contributed by atoms with E-state index in [2.05, 4.69) is 9.97 Å². The molecule has 78 valence electrons. The van der Waals surface area contributed by atoms with E-state index in [9.17, 15) is 0 Å². The van der Waals surface area contributed by atoms with E-state index in [-0.39, 0.29) is 0 Å². The quantitative estimate of drug-likeness (QED) is 0.768. The Morgan fingerprint density at radius 2 is 1.93 bits per heavy atom. The minimum absolute atomic E-state index is 0.517. The van der Waals surface area contributed by atoms with E-state index in [1.165, 1.54) is 0 Å². The molecule has 0 unspecified atom stereocenters. The number of nitrogens with two attached hydrogens (primary N) is 1. The summed E-state index contributed by atoms with van der Waals surface area (Å²) in [5.74, 6) is 2.01. The van der Waals surface area contributed by atoms with Gasteiger partial charge in [-0.2, -0.15) is 0 Å². The summed E-state index contributed by atoms with van der Waals surface area (Å²) in [7, 11) is 1.64. The number of anilines is 1. The minimum atomic E-state index is 0.517. The van der Waals surface area contributed by atoms with Crippen molar-refractivity contribution in [1.82, 2.24) is 9.97 Å². The van der Waals surface area contributed by atoms with Crippen LogP contribution >= 0.6 is 0 Å². The van der Waals surface area contributed by atoms with Gasteiger partial charge >= 0.3 is 0 Å². The molecule has 0 saturated heterocycles. The normalized spacial score (nSPS) is 10.6. The van der Waals surface area contributed by atoms with Crippen LogP contribution in [0.2, 0.25) is 0 Å². The number of ether oxygens (including phenoxy) is 1. The zero-order valence-electron chi connectivity index (χ0n) is 9.03. The summed E-state index contributed by atoms with van der Waals surface area (Å²) in [5.41, 5.74) is 7.68. The summed E-state index contributed by atoms with van der Waals surface area (Å²) in [5, 5.41) is 0.874. The Balaban J connectivity index is 2.81. The summed E-state index contributed by atoms with van der Waals surface area (Å²) in [6, 6.07) is 3.83. The molecule has 0 spiro atoms. The molecular weight excluding hydrogens is 190 g/mol. The van der Waals surface area contributed by atoms with Gasteiger partial charge in [-0.15, -0.1) is 0 Å². The lowest BCUT2D eigenvalue weighted by molar-refractivity contribution is 0.412. The van der Waals surface area contributed by atoms with Gasteiger partial charge in [-0.25, -0.2) is 9.97 Å². The van der Waals surface area contributed by atoms with Crippen LogP contribution in [-0.4, -0.2) is 17.1 Å². The molecule has 0 radical (unpaired) electrons. The Labute approximate surface area is 88.1 Å². The lowest BCUT2D eigenvalue weighted by atomic mass is 10.1. The molecule has 0 aliphatic rings. The molecule has 0 amide bonds. The van der Waals surface area contributed by atoms with Crippen LogP contribution in [0.15, 0.2) is 12.1 Å². The molecule has 0 aliphatic heterocycles. The first-order chi connectivity index (χ1) is 7.11. The van der Waals surface area contributed by atoms with Crippen molar-refractivity contribution in [3.63, 3.8) is 0 Å². The van der Waals surface area contributed by atoms with Crippen molar-refractivity contribution in [1.29, 1.82) is 0 Å². The van der Waals surface area contributed by atoms with Crippen LogP contribution in [0.1, 0.15) is 11.4 Å². The van der Waals surface area contributed by atoms with Gasteiger partial charge in [0, 0.05) is 11.5 Å². The average Bonchev–Trinajstić information content (AvgIpc) is 2.18. The molecule has 1 aromatic carbocycles. The smallest absolute Gasteiger partial charge is 0.135 e. The monoisotopic (exact) mass is 203 g/mol. The summed E-state index contributed by atoms with van der Waals surface area (Å²) >= 11 is 0. The summed E-state index contributed by atoms with van der Waals surface area (Å²) in [6.45, 7) is 3.79. The predicted molar refractivity (Wildman–Crippen MR) is 60.0 cm³/mol. The van der Waals surface area contributed by atoms with Gasteiger partial charge < -0.3 is 10.5 Å². The number of aromatic nitrogens is 2. The van der Waals surface area contributed by atoms with Gasteiger partial charge in [0.1, 0.15) is 17.4 Å². The molecule has 0 bridgehead atoms. The van der Waals surface area contributed by atoms with Crippen molar-refractivity contribution in [2.45, 2.75) is 13.8 Å². The van der Waals surface area contributed by atoms with E-state index >= 15 is 0 Å². The topological polar surface area (TPSA) is 61.0 Å². The molecule has 4 heteroatoms. The van der Waals surface area contributed by atoms with Crippen LogP contribution in [0.5, 0.6) is 5.75 Å². The largest absolute Gasteiger partial charge is 0.496 e. The van der Waals surface area contributed by atoms with Crippen molar-refractivity contribution in [2.24, 2.45) is 0 Å². The first-order valence-corrected chi connectivity index (χ1v) is 4.70. The third-order valence-electron chi connectivity index (χ3n) is 2.35. The lowest BCUT2D eigenvalue weighted by Gasteiger charge is -2.08. The van der Waals surface area contributed by atoms with Gasteiger partial charge in [0.05, 0.1) is 12.6 Å². The number of methoxy groups -OCH3 is 1. The van der Waals surface area contributed by atoms with E-state index < -0.39 is 0 Å². The molecule has 2 N–H and O–H groups in total. The maximum absolute atomic E-state index is 5.83. The number of nitrogen functional groups attached to an aromatic ring is 1. The highest BCUT2D eigenvalue weighted by atomic mass is 16.5. The predicted octanol–water partition coefficient (Wildman–Crippen LogP) is 1.84. The first-order valence-electron chi connectivity index (χ1n) is 4.70. The Morgan fingerprint density at radius 3 is 2.60 bits per heavy atom. The Morgan fingerprint density at radius 1 is 1.20 bits per heavy atom. The molecular formula is C11H13N3O. The number of nitrogens with zero attached hydrogens (tertiary/aromatic N) is 2. The number of hydrogen-bond acceptors (Lipinski definition) is 4. The highest BCUT2D eigenvalue weighted by molar-refractivity contribution is 5.89. The summed E-state index contributed by atoms with van der Waals surface area (Å²) in [6.07, 6.45) is 0. The zero-order valence-corrected chi connectivity index (χ0v) is 9.03. The van der Waals surface area contributed by atoms with Gasteiger partial charge in [0.25, 0.3) is 0 Å². The minimum Gasteiger partial charge on any atom is -0.496 e. The Bertz CT molecular complexity index is 523. The second-order valence-corrected chi connectivity index (χ2v) is 3.50. The SMILES string of the molecule is COc1cc2nc(C)nc(N)c2cc1C. The molecule has 2 rings (SSSR count). The maximum atomic E-state index is 5.83. The summed E-state index contributed by atoms with van der Waals surface area (Å²) < 4.78 is 5.23. The highest BCUT2D eigenvalue weighted by Gasteiger charge is 2.06. The van der Waals surface area contributed by atoms with E-state index in [1.54, 1.807) is 7.11 Å². The van der Waals surface area contributed by atoms with E-state index in [4.69, 9.17) is 10.5 Å². The fourth-order valence-corrected chi connectivity index (χ4v) is 1.63. The number of aryl methyl sites for hydroxylation is 2. The molecule has 0 atom stereocenters. The van der Waals surface area contributed by atoms with E-state index in [1.807, 2.05) is 26.0 Å². The standard InChI is InChI=1S/C11H13N3O/c1-6-4-8-9(5-10(6)15-3)13-7(2)14-11(8)12/h4-5H,1-3H3,(H2,12,13,14). The number of benzene rings is 1. The van der Waals surface area contributed by atoms with Crippen LogP contribution in [0, 0.1) is 13.8 Å². The van der Waals surface area contributed by atoms with Crippen molar-refractivity contribution in [3.8, 4) is 5.75 Å². The van der Waals surface area contributed by atoms with E-state index in [0.717, 1.165) is 22.2 Å². The molecule has 0 saturated carbocycles. The fourth-order valence-electron chi connectivity index (χ4n) is 1.63. The van der Waals surface area contributed by atoms with Crippen molar-refractivity contribution >= 4 is 16.7 Å². The third kappa shape index (κ3) is 1.58. The first kappa shape index (κ1) is 9.71. The van der Waals surface area contributed by atoms with Gasteiger partial charge in [0.15, 0.2) is 0 Å². The second kappa shape index (κ2) is 3.38. The van der Waals surface area contributed by atoms with Gasteiger partial charge in [-0.05, 0) is 25.5 Å². The molecule has 4 nitrogen and oxygen atoms in total. The lowest BCUT2D eigenvalue weighted by Crippen LogP contribution is -1.98.